The molecule has 1 fully saturated rings. The molecule has 4 aromatic carbocycles. The normalized spacial score (nSPS) is 22.2. The summed E-state index contributed by atoms with van der Waals surface area (Å²) in [6.45, 7) is 8.02. The minimum absolute atomic E-state index is 0.00784. The number of methoxy groups -OCH3 is 1. The molecule has 2 aliphatic rings. The van der Waals surface area contributed by atoms with Crippen molar-refractivity contribution in [3.63, 3.8) is 0 Å². The van der Waals surface area contributed by atoms with E-state index in [-0.39, 0.29) is 36.0 Å². The molecule has 0 bridgehead atoms. The van der Waals surface area contributed by atoms with Crippen LogP contribution in [-0.2, 0) is 28.2 Å². The van der Waals surface area contributed by atoms with Gasteiger partial charge in [-0.2, -0.15) is 0 Å². The Kier molecular flexibility index (Phi) is 9.72. The molecule has 1 unspecified atom stereocenters. The summed E-state index contributed by atoms with van der Waals surface area (Å²) in [5.41, 5.74) is 3.69. The summed E-state index contributed by atoms with van der Waals surface area (Å²) in [6, 6.07) is 34.9. The van der Waals surface area contributed by atoms with Gasteiger partial charge >= 0.3 is 0 Å². The first kappa shape index (κ1) is 34.6. The predicted octanol–water partition coefficient (Wildman–Crippen LogP) is 6.87. The van der Waals surface area contributed by atoms with Gasteiger partial charge in [-0.15, -0.1) is 5.10 Å². The fourth-order valence-corrected chi connectivity index (χ4v) is 12.8. The van der Waals surface area contributed by atoms with Gasteiger partial charge in [-0.05, 0) is 76.0 Å². The molecule has 2 aliphatic heterocycles. The topological polar surface area (TPSA) is 89.7 Å². The van der Waals surface area contributed by atoms with E-state index < -0.39 is 13.7 Å². The van der Waals surface area contributed by atoms with Crippen LogP contribution in [0, 0.1) is 9.49 Å². The zero-order chi connectivity index (χ0) is 35.0. The quantitative estimate of drug-likeness (QED) is 0.116. The largest absolute Gasteiger partial charge is 0.497 e. The molecule has 1 N–H and O–H groups in total. The van der Waals surface area contributed by atoms with E-state index in [0.29, 0.717) is 19.5 Å². The number of nitrogens with zero attached hydrogens (tertiary/aromatic N) is 4. The standard InChI is InChI=1S/C40H43IN4O4Si/c1-27-38(50(3,4)32-20-18-31(48-2)19-21-32)37(22-23-44-25-35(42-43-44)33(26-46)29-10-6-5-7-11-29)49-40(27)34-12-8-9-13-36(34)45(39(40)47)24-28-14-16-30(41)17-15-28/h5-21,25,27,33,37-38,46H,22-24,26H2,1-4H3/t27-,33?,37+,38-,40+/m1/s1. The zero-order valence-electron chi connectivity index (χ0n) is 28.9. The second-order valence-electron chi connectivity index (χ2n) is 14.0. The van der Waals surface area contributed by atoms with E-state index in [1.54, 1.807) is 7.11 Å². The monoisotopic (exact) mass is 798 g/mol. The Labute approximate surface area is 308 Å². The van der Waals surface area contributed by atoms with E-state index in [4.69, 9.17) is 9.47 Å². The lowest BCUT2D eigenvalue weighted by atomic mass is 9.82. The maximum absolute atomic E-state index is 15.0. The predicted molar refractivity (Wildman–Crippen MR) is 206 cm³/mol. The van der Waals surface area contributed by atoms with Gasteiger partial charge in [0.15, 0.2) is 5.60 Å². The van der Waals surface area contributed by atoms with Crippen LogP contribution in [0.15, 0.2) is 109 Å². The minimum atomic E-state index is -2.29. The molecule has 1 aromatic heterocycles. The third-order valence-corrected chi connectivity index (χ3v) is 16.0. The Balaban J connectivity index is 1.24. The van der Waals surface area contributed by atoms with Crippen LogP contribution in [0.4, 0.5) is 5.69 Å². The lowest BCUT2D eigenvalue weighted by molar-refractivity contribution is -0.146. The molecule has 50 heavy (non-hydrogen) atoms. The molecule has 1 amide bonds. The number of aliphatic hydroxyl groups is 1. The molecule has 0 radical (unpaired) electrons. The second-order valence-corrected chi connectivity index (χ2v) is 20.0. The Bertz CT molecular complexity index is 1950. The van der Waals surface area contributed by atoms with Crippen molar-refractivity contribution >= 4 is 47.4 Å². The van der Waals surface area contributed by atoms with Crippen LogP contribution in [0.3, 0.4) is 0 Å². The molecule has 3 heterocycles. The van der Waals surface area contributed by atoms with Gasteiger partial charge in [-0.3, -0.25) is 9.48 Å². The van der Waals surface area contributed by atoms with E-state index in [2.05, 4.69) is 101 Å². The van der Waals surface area contributed by atoms with Crippen molar-refractivity contribution in [1.82, 2.24) is 15.0 Å². The van der Waals surface area contributed by atoms with Gasteiger partial charge in [0.1, 0.15) is 5.75 Å². The maximum atomic E-state index is 15.0. The van der Waals surface area contributed by atoms with Crippen molar-refractivity contribution in [2.24, 2.45) is 5.92 Å². The van der Waals surface area contributed by atoms with Crippen LogP contribution >= 0.6 is 22.6 Å². The molecule has 8 nitrogen and oxygen atoms in total. The highest BCUT2D eigenvalue weighted by atomic mass is 127. The number of benzene rings is 4. The number of halogens is 1. The van der Waals surface area contributed by atoms with Crippen molar-refractivity contribution in [2.75, 3.05) is 18.6 Å². The summed E-state index contributed by atoms with van der Waals surface area (Å²) < 4.78 is 15.8. The molecular weight excluding hydrogens is 755 g/mol. The van der Waals surface area contributed by atoms with Crippen LogP contribution in [0.2, 0.25) is 18.6 Å². The van der Waals surface area contributed by atoms with Crippen LogP contribution in [0.5, 0.6) is 5.75 Å². The number of carbonyl (C=O) groups is 1. The number of amides is 1. The van der Waals surface area contributed by atoms with Crippen molar-refractivity contribution in [3.05, 3.63) is 135 Å². The number of carbonyl (C=O) groups excluding carboxylic acids is 1. The van der Waals surface area contributed by atoms with Crippen molar-refractivity contribution in [3.8, 4) is 5.75 Å². The molecule has 5 atom stereocenters. The average Bonchev–Trinajstić information content (AvgIpc) is 3.79. The summed E-state index contributed by atoms with van der Waals surface area (Å²) in [6.07, 6.45) is 2.38. The molecule has 10 heteroatoms. The van der Waals surface area contributed by atoms with Gasteiger partial charge in [0.25, 0.3) is 5.91 Å². The number of fused-ring (bicyclic) bond motifs is 2. The lowest BCUT2D eigenvalue weighted by Crippen LogP contribution is -2.51. The van der Waals surface area contributed by atoms with Gasteiger partial charge in [-0.1, -0.05) is 103 Å². The zero-order valence-corrected chi connectivity index (χ0v) is 32.0. The number of hydrogen-bond acceptors (Lipinski definition) is 6. The van der Waals surface area contributed by atoms with E-state index >= 15 is 0 Å². The van der Waals surface area contributed by atoms with Gasteiger partial charge in [-0.25, -0.2) is 0 Å². The number of aromatic nitrogens is 3. The second kappa shape index (κ2) is 14.1. The lowest BCUT2D eigenvalue weighted by Gasteiger charge is -2.37. The fourth-order valence-electron chi connectivity index (χ4n) is 8.36. The number of aryl methyl sites for hydroxylation is 1. The molecule has 258 valence electrons. The Morgan fingerprint density at radius 3 is 2.38 bits per heavy atom. The smallest absolute Gasteiger partial charge is 0.264 e. The molecule has 1 spiro atoms. The summed E-state index contributed by atoms with van der Waals surface area (Å²) in [4.78, 5) is 16.9. The molecule has 0 aliphatic carbocycles. The maximum Gasteiger partial charge on any atom is 0.264 e. The summed E-state index contributed by atoms with van der Waals surface area (Å²) in [7, 11) is -0.598. The summed E-state index contributed by atoms with van der Waals surface area (Å²) in [5, 5.41) is 20.5. The van der Waals surface area contributed by atoms with Crippen molar-refractivity contribution in [1.29, 1.82) is 0 Å². The number of hydrogen-bond donors (Lipinski definition) is 1. The van der Waals surface area contributed by atoms with Crippen LogP contribution < -0.4 is 14.8 Å². The van der Waals surface area contributed by atoms with Crippen LogP contribution in [-0.4, -0.2) is 53.9 Å². The minimum Gasteiger partial charge on any atom is -0.497 e. The van der Waals surface area contributed by atoms with Crippen LogP contribution in [0.1, 0.15) is 41.6 Å². The highest BCUT2D eigenvalue weighted by Crippen LogP contribution is 2.60. The van der Waals surface area contributed by atoms with Crippen molar-refractivity contribution < 1.29 is 19.4 Å². The third-order valence-electron chi connectivity index (χ3n) is 10.9. The molecule has 1 saturated heterocycles. The van der Waals surface area contributed by atoms with E-state index in [0.717, 1.165) is 37.4 Å². The number of ether oxygens (including phenoxy) is 2. The van der Waals surface area contributed by atoms with Gasteiger partial charge in [0.05, 0.1) is 51.7 Å². The number of rotatable bonds is 11. The van der Waals surface area contributed by atoms with Crippen LogP contribution in [0.25, 0.3) is 0 Å². The SMILES string of the molecule is COc1ccc([Si](C)(C)[C@H]2[C@H](CCn3cc(C(CO)c4ccccc4)nn3)O[C@@]3(C(=O)N(Cc4ccc(I)cc4)c4ccccc43)[C@@H]2C)cc1. The van der Waals surface area contributed by atoms with Crippen molar-refractivity contribution in [2.45, 2.75) is 62.7 Å². The van der Waals surface area contributed by atoms with Gasteiger partial charge in [0.2, 0.25) is 0 Å². The molecule has 5 aromatic rings. The highest BCUT2D eigenvalue weighted by molar-refractivity contribution is 14.1. The summed E-state index contributed by atoms with van der Waals surface area (Å²) in [5.74, 6) is 0.493. The molecule has 0 saturated carbocycles. The van der Waals surface area contributed by atoms with Gasteiger partial charge in [0, 0.05) is 27.8 Å². The first-order valence-electron chi connectivity index (χ1n) is 17.2. The number of anilines is 1. The Morgan fingerprint density at radius 1 is 0.980 bits per heavy atom. The first-order chi connectivity index (χ1) is 24.2. The third kappa shape index (κ3) is 6.10. The first-order valence-corrected chi connectivity index (χ1v) is 21.4. The van der Waals surface area contributed by atoms with E-state index in [1.165, 1.54) is 5.19 Å². The summed E-state index contributed by atoms with van der Waals surface area (Å²) >= 11 is 2.31. The Hall–Kier alpha value is -3.84. The number of aliphatic hydroxyl groups excluding tert-OH is 1. The average molecular weight is 799 g/mol. The highest BCUT2D eigenvalue weighted by Gasteiger charge is 2.66. The van der Waals surface area contributed by atoms with Gasteiger partial charge < -0.3 is 19.5 Å². The van der Waals surface area contributed by atoms with E-state index in [9.17, 15) is 9.90 Å². The van der Waals surface area contributed by atoms with E-state index in [1.807, 2.05) is 70.4 Å². The Morgan fingerprint density at radius 2 is 1.68 bits per heavy atom. The number of para-hydroxylation sites is 1. The molecular formula is C40H43IN4O4Si. The fraction of sp³-hybridized carbons (Fsp3) is 0.325. The molecule has 7 rings (SSSR count).